The molecule has 1 saturated carbocycles. The third kappa shape index (κ3) is 1.61. The van der Waals surface area contributed by atoms with Gasteiger partial charge in [0, 0.05) is 11.7 Å². The molecule has 0 aliphatic heterocycles. The van der Waals surface area contributed by atoms with E-state index in [4.69, 9.17) is 5.73 Å². The molecule has 0 amide bonds. The Morgan fingerprint density at radius 2 is 2.31 bits per heavy atom. The summed E-state index contributed by atoms with van der Waals surface area (Å²) < 4.78 is 2.14. The predicted octanol–water partition coefficient (Wildman–Crippen LogP) is 2.07. The summed E-state index contributed by atoms with van der Waals surface area (Å²) in [5, 5.41) is 0. The molecule has 1 fully saturated rings. The minimum absolute atomic E-state index is 0.141. The molecule has 16 heavy (non-hydrogen) atoms. The molecule has 2 N–H and O–H groups in total. The van der Waals surface area contributed by atoms with Gasteiger partial charge in [0.1, 0.15) is 5.82 Å². The topological polar surface area (TPSA) is 43.3 Å². The second kappa shape index (κ2) is 3.32. The molecule has 0 spiro atoms. The average molecular weight is 215 g/mol. The molecule has 3 heteroatoms. The summed E-state index contributed by atoms with van der Waals surface area (Å²) in [6, 6.07) is 4.27. The van der Waals surface area contributed by atoms with E-state index in [1.807, 2.05) is 13.1 Å². The zero-order valence-corrected chi connectivity index (χ0v) is 9.61. The van der Waals surface area contributed by atoms with E-state index in [1.54, 1.807) is 0 Å². The third-order valence-corrected chi connectivity index (χ3v) is 3.63. The van der Waals surface area contributed by atoms with Gasteiger partial charge >= 0.3 is 0 Å². The van der Waals surface area contributed by atoms with Gasteiger partial charge < -0.3 is 10.1 Å². The number of aromatic nitrogens is 2. The number of hydrogen-bond acceptors (Lipinski definition) is 2. The van der Waals surface area contributed by atoms with Gasteiger partial charge in [-0.05, 0) is 44.2 Å². The molecule has 0 atom stereocenters. The summed E-state index contributed by atoms with van der Waals surface area (Å²) >= 11 is 0. The minimum atomic E-state index is 0.141. The highest BCUT2D eigenvalue weighted by atomic mass is 15.0. The Morgan fingerprint density at radius 1 is 1.50 bits per heavy atom. The van der Waals surface area contributed by atoms with E-state index < -0.39 is 0 Å². The van der Waals surface area contributed by atoms with Crippen molar-refractivity contribution < 1.29 is 0 Å². The fraction of sp³-hybridized carbons (Fsp3) is 0.462. The van der Waals surface area contributed by atoms with Crippen molar-refractivity contribution in [3.05, 3.63) is 35.9 Å². The Kier molecular flexibility index (Phi) is 2.04. The zero-order valence-electron chi connectivity index (χ0n) is 9.61. The number of imidazole rings is 1. The maximum Gasteiger partial charge on any atom is 0.110 e. The third-order valence-electron chi connectivity index (χ3n) is 3.63. The quantitative estimate of drug-likeness (QED) is 0.851. The van der Waals surface area contributed by atoms with Gasteiger partial charge in [0.15, 0.2) is 0 Å². The van der Waals surface area contributed by atoms with Crippen LogP contribution < -0.4 is 5.73 Å². The molecule has 2 heterocycles. The zero-order chi connectivity index (χ0) is 11.2. The highest BCUT2D eigenvalue weighted by molar-refractivity contribution is 5.54. The standard InChI is InChI=1S/C13H17N3/c1-10-15-9-12-11(3-2-8-16(10)12)4-5-13(14)6-7-13/h2-3,8-9H,4-7,14H2,1H3. The van der Waals surface area contributed by atoms with Gasteiger partial charge in [-0.15, -0.1) is 0 Å². The maximum absolute atomic E-state index is 6.12. The number of rotatable bonds is 3. The van der Waals surface area contributed by atoms with Crippen LogP contribution in [0.25, 0.3) is 5.52 Å². The molecule has 0 saturated heterocycles. The van der Waals surface area contributed by atoms with Gasteiger partial charge in [-0.1, -0.05) is 6.07 Å². The first kappa shape index (κ1) is 9.85. The smallest absolute Gasteiger partial charge is 0.110 e. The van der Waals surface area contributed by atoms with E-state index in [0.717, 1.165) is 18.7 Å². The summed E-state index contributed by atoms with van der Waals surface area (Å²) in [5.41, 5.74) is 8.85. The van der Waals surface area contributed by atoms with E-state index in [0.29, 0.717) is 0 Å². The lowest BCUT2D eigenvalue weighted by Gasteiger charge is -2.09. The van der Waals surface area contributed by atoms with Gasteiger partial charge in [-0.25, -0.2) is 4.98 Å². The Morgan fingerprint density at radius 3 is 3.06 bits per heavy atom. The molecule has 0 radical (unpaired) electrons. The first-order chi connectivity index (χ1) is 7.68. The SMILES string of the molecule is Cc1ncc2c(CCC3(N)CC3)cccn12. The molecule has 0 aromatic carbocycles. The van der Waals surface area contributed by atoms with Crippen LogP contribution in [0.2, 0.25) is 0 Å². The lowest BCUT2D eigenvalue weighted by molar-refractivity contribution is 0.610. The van der Waals surface area contributed by atoms with Crippen molar-refractivity contribution in [2.75, 3.05) is 0 Å². The van der Waals surface area contributed by atoms with Crippen LogP contribution in [0.15, 0.2) is 24.5 Å². The summed E-state index contributed by atoms with van der Waals surface area (Å²) in [7, 11) is 0. The van der Waals surface area contributed by atoms with Gasteiger partial charge in [0.05, 0.1) is 11.7 Å². The van der Waals surface area contributed by atoms with Crippen molar-refractivity contribution in [3.63, 3.8) is 0 Å². The first-order valence-electron chi connectivity index (χ1n) is 5.88. The molecular weight excluding hydrogens is 198 g/mol. The van der Waals surface area contributed by atoms with Gasteiger partial charge in [-0.2, -0.15) is 0 Å². The number of pyridine rings is 1. The molecule has 2 aromatic heterocycles. The molecule has 0 unspecified atom stereocenters. The predicted molar refractivity (Wildman–Crippen MR) is 64.4 cm³/mol. The van der Waals surface area contributed by atoms with Crippen LogP contribution in [-0.4, -0.2) is 14.9 Å². The molecular formula is C13H17N3. The van der Waals surface area contributed by atoms with Gasteiger partial charge in [0.25, 0.3) is 0 Å². The van der Waals surface area contributed by atoms with E-state index in [2.05, 4.69) is 27.7 Å². The lowest BCUT2D eigenvalue weighted by atomic mass is 10.0. The van der Waals surface area contributed by atoms with E-state index in [-0.39, 0.29) is 5.54 Å². The fourth-order valence-electron chi connectivity index (χ4n) is 2.22. The molecule has 1 aliphatic carbocycles. The Hall–Kier alpha value is -1.35. The van der Waals surface area contributed by atoms with Crippen molar-refractivity contribution in [1.82, 2.24) is 9.38 Å². The van der Waals surface area contributed by atoms with E-state index in [1.165, 1.54) is 23.9 Å². The van der Waals surface area contributed by atoms with E-state index in [9.17, 15) is 0 Å². The van der Waals surface area contributed by atoms with Gasteiger partial charge in [-0.3, -0.25) is 0 Å². The minimum Gasteiger partial charge on any atom is -0.325 e. The second-order valence-corrected chi connectivity index (χ2v) is 4.96. The van der Waals surface area contributed by atoms with Crippen molar-refractivity contribution in [3.8, 4) is 0 Å². The van der Waals surface area contributed by atoms with Crippen LogP contribution in [0, 0.1) is 6.92 Å². The lowest BCUT2D eigenvalue weighted by Crippen LogP contribution is -2.22. The van der Waals surface area contributed by atoms with Gasteiger partial charge in [0.2, 0.25) is 0 Å². The molecule has 3 rings (SSSR count). The van der Waals surface area contributed by atoms with Crippen LogP contribution in [-0.2, 0) is 6.42 Å². The maximum atomic E-state index is 6.12. The number of aryl methyl sites for hydroxylation is 2. The van der Waals surface area contributed by atoms with Crippen LogP contribution >= 0.6 is 0 Å². The van der Waals surface area contributed by atoms with Crippen molar-refractivity contribution in [1.29, 1.82) is 0 Å². The van der Waals surface area contributed by atoms with Crippen molar-refractivity contribution >= 4 is 5.52 Å². The van der Waals surface area contributed by atoms with Crippen molar-refractivity contribution in [2.45, 2.75) is 38.1 Å². The summed E-state index contributed by atoms with van der Waals surface area (Å²) in [6.07, 6.45) is 8.56. The number of hydrogen-bond donors (Lipinski definition) is 1. The van der Waals surface area contributed by atoms with Crippen LogP contribution in [0.5, 0.6) is 0 Å². The van der Waals surface area contributed by atoms with Crippen LogP contribution in [0.3, 0.4) is 0 Å². The fourth-order valence-corrected chi connectivity index (χ4v) is 2.22. The van der Waals surface area contributed by atoms with Crippen molar-refractivity contribution in [2.24, 2.45) is 5.73 Å². The first-order valence-corrected chi connectivity index (χ1v) is 5.88. The molecule has 1 aliphatic rings. The van der Waals surface area contributed by atoms with E-state index >= 15 is 0 Å². The molecule has 84 valence electrons. The highest BCUT2D eigenvalue weighted by Crippen LogP contribution is 2.36. The number of nitrogens with zero attached hydrogens (tertiary/aromatic N) is 2. The summed E-state index contributed by atoms with van der Waals surface area (Å²) in [4.78, 5) is 4.35. The number of fused-ring (bicyclic) bond motifs is 1. The largest absolute Gasteiger partial charge is 0.325 e. The molecule has 2 aromatic rings. The van der Waals surface area contributed by atoms with Crippen LogP contribution in [0.4, 0.5) is 0 Å². The number of nitrogens with two attached hydrogens (primary N) is 1. The molecule has 3 nitrogen and oxygen atoms in total. The second-order valence-electron chi connectivity index (χ2n) is 4.96. The monoisotopic (exact) mass is 215 g/mol. The Labute approximate surface area is 95.3 Å². The highest BCUT2D eigenvalue weighted by Gasteiger charge is 2.37. The normalized spacial score (nSPS) is 17.9. The summed E-state index contributed by atoms with van der Waals surface area (Å²) in [6.45, 7) is 2.03. The Bertz CT molecular complexity index is 523. The Balaban J connectivity index is 1.90. The average Bonchev–Trinajstić information content (AvgIpc) is 2.90. The van der Waals surface area contributed by atoms with Crippen LogP contribution in [0.1, 0.15) is 30.7 Å². The molecule has 0 bridgehead atoms. The summed E-state index contributed by atoms with van der Waals surface area (Å²) in [5.74, 6) is 1.05.